The maximum Gasteiger partial charge on any atom is 0.338 e. The smallest absolute Gasteiger partial charge is 0.338 e. The Morgan fingerprint density at radius 2 is 1.79 bits per heavy atom. The number of rotatable bonds is 3. The van der Waals surface area contributed by atoms with E-state index in [0.29, 0.717) is 31.2 Å². The topological polar surface area (TPSA) is 83.8 Å². The average Bonchev–Trinajstić information content (AvgIpc) is 3.08. The van der Waals surface area contributed by atoms with E-state index >= 15 is 0 Å². The van der Waals surface area contributed by atoms with Crippen molar-refractivity contribution >= 4 is 11.8 Å². The van der Waals surface area contributed by atoms with Gasteiger partial charge in [-0.3, -0.25) is 4.79 Å². The lowest BCUT2D eigenvalue weighted by atomic mass is 9.45. The molecule has 0 spiro atoms. The molecular weight excluding hydrogens is 416 g/mol. The summed E-state index contributed by atoms with van der Waals surface area (Å²) in [5, 5.41) is 22.7. The Balaban J connectivity index is 1.57. The number of fused-ring (bicyclic) bond motifs is 5. The van der Waals surface area contributed by atoms with Gasteiger partial charge in [-0.25, -0.2) is 4.79 Å². The fourth-order valence-corrected chi connectivity index (χ4v) is 8.15. The summed E-state index contributed by atoms with van der Waals surface area (Å²) in [7, 11) is 0. The number of Topliss-reactive ketones (excluding diaryl/α,β-unsaturated/α-hetero) is 1. The lowest BCUT2D eigenvalue weighted by Gasteiger charge is -2.62. The largest absolute Gasteiger partial charge is 0.458 e. The molecule has 0 saturated heterocycles. The van der Waals surface area contributed by atoms with Gasteiger partial charge >= 0.3 is 5.97 Å². The molecule has 3 saturated carbocycles. The van der Waals surface area contributed by atoms with Crippen LogP contribution in [0.3, 0.4) is 0 Å². The highest BCUT2D eigenvalue weighted by Gasteiger charge is 2.71. The molecule has 0 bridgehead atoms. The van der Waals surface area contributed by atoms with Crippen LogP contribution in [-0.2, 0) is 9.53 Å². The standard InChI is InChI=1S/C28H36O5/c1-17(29)21-12-14-28(32)22-10-9-19-15-20(30)11-13-26(19,2)23(22)16-24(27(21,28)3)33-25(31)18-7-5-4-6-8-18/h4-9,20-24,30,32H,10-16H2,1-3H3/t20-,21?,22?,23?,24+,26?,27?,28-/m0/s1. The molecular formula is C28H36O5. The summed E-state index contributed by atoms with van der Waals surface area (Å²) >= 11 is 0. The van der Waals surface area contributed by atoms with Gasteiger partial charge in [-0.05, 0) is 81.3 Å². The Kier molecular flexibility index (Phi) is 5.37. The first kappa shape index (κ1) is 22.8. The minimum absolute atomic E-state index is 0.0162. The van der Waals surface area contributed by atoms with E-state index in [1.54, 1.807) is 19.1 Å². The Bertz CT molecular complexity index is 985. The molecule has 178 valence electrons. The van der Waals surface area contributed by atoms with E-state index in [-0.39, 0.29) is 35.1 Å². The van der Waals surface area contributed by atoms with E-state index < -0.39 is 23.1 Å². The first-order valence-corrected chi connectivity index (χ1v) is 12.5. The molecule has 0 amide bonds. The highest BCUT2D eigenvalue weighted by atomic mass is 16.5. The van der Waals surface area contributed by atoms with Crippen molar-refractivity contribution in [3.63, 3.8) is 0 Å². The van der Waals surface area contributed by atoms with Crippen LogP contribution in [0.4, 0.5) is 0 Å². The third-order valence-electron chi connectivity index (χ3n) is 10.1. The van der Waals surface area contributed by atoms with Crippen LogP contribution >= 0.6 is 0 Å². The van der Waals surface area contributed by atoms with Crippen LogP contribution in [0.25, 0.3) is 0 Å². The minimum atomic E-state index is -1.07. The fraction of sp³-hybridized carbons (Fsp3) is 0.643. The van der Waals surface area contributed by atoms with Crippen molar-refractivity contribution in [2.45, 2.75) is 83.5 Å². The number of hydrogen-bond acceptors (Lipinski definition) is 5. The summed E-state index contributed by atoms with van der Waals surface area (Å²) < 4.78 is 6.21. The van der Waals surface area contributed by atoms with Crippen molar-refractivity contribution < 1.29 is 24.5 Å². The lowest BCUT2D eigenvalue weighted by molar-refractivity contribution is -0.224. The van der Waals surface area contributed by atoms with Crippen LogP contribution in [-0.4, -0.2) is 39.8 Å². The second-order valence-electron chi connectivity index (χ2n) is 11.4. The molecule has 0 aromatic heterocycles. The number of hydrogen-bond donors (Lipinski definition) is 2. The van der Waals surface area contributed by atoms with Crippen molar-refractivity contribution in [3.8, 4) is 0 Å². The summed E-state index contributed by atoms with van der Waals surface area (Å²) in [4.78, 5) is 25.9. The molecule has 4 aliphatic rings. The van der Waals surface area contributed by atoms with E-state index in [1.165, 1.54) is 5.57 Å². The number of ether oxygens (including phenoxy) is 1. The molecule has 5 heteroatoms. The van der Waals surface area contributed by atoms with Crippen molar-refractivity contribution in [2.75, 3.05) is 0 Å². The zero-order valence-electron chi connectivity index (χ0n) is 19.9. The summed E-state index contributed by atoms with van der Waals surface area (Å²) in [5.74, 6) is -0.507. The van der Waals surface area contributed by atoms with E-state index in [9.17, 15) is 19.8 Å². The first-order valence-electron chi connectivity index (χ1n) is 12.5. The summed E-state index contributed by atoms with van der Waals surface area (Å²) in [6.45, 7) is 5.85. The third-order valence-corrected chi connectivity index (χ3v) is 10.1. The summed E-state index contributed by atoms with van der Waals surface area (Å²) in [6.07, 6.45) is 6.25. The molecule has 5 rings (SSSR count). The second kappa shape index (κ2) is 7.78. The zero-order valence-corrected chi connectivity index (χ0v) is 19.9. The maximum absolute atomic E-state index is 13.2. The third kappa shape index (κ3) is 3.19. The highest BCUT2D eigenvalue weighted by molar-refractivity contribution is 5.89. The quantitative estimate of drug-likeness (QED) is 0.522. The molecule has 33 heavy (non-hydrogen) atoms. The van der Waals surface area contributed by atoms with Crippen molar-refractivity contribution in [1.82, 2.24) is 0 Å². The van der Waals surface area contributed by atoms with Gasteiger partial charge in [0.05, 0.1) is 17.3 Å². The number of allylic oxidation sites excluding steroid dienone is 1. The average molecular weight is 453 g/mol. The second-order valence-corrected chi connectivity index (χ2v) is 11.4. The van der Waals surface area contributed by atoms with Gasteiger partial charge in [0.15, 0.2) is 0 Å². The number of aliphatic hydroxyl groups is 2. The number of ketones is 1. The fourth-order valence-electron chi connectivity index (χ4n) is 8.15. The van der Waals surface area contributed by atoms with Gasteiger partial charge in [0.1, 0.15) is 11.9 Å². The van der Waals surface area contributed by atoms with Crippen LogP contribution in [0.5, 0.6) is 0 Å². The monoisotopic (exact) mass is 452 g/mol. The van der Waals surface area contributed by atoms with Crippen LogP contribution in [0.2, 0.25) is 0 Å². The molecule has 0 heterocycles. The van der Waals surface area contributed by atoms with Crippen molar-refractivity contribution in [3.05, 3.63) is 47.5 Å². The summed E-state index contributed by atoms with van der Waals surface area (Å²) in [6, 6.07) is 8.97. The predicted molar refractivity (Wildman–Crippen MR) is 124 cm³/mol. The number of aliphatic hydroxyl groups excluding tert-OH is 1. The van der Waals surface area contributed by atoms with E-state index in [1.807, 2.05) is 25.1 Å². The number of esters is 1. The Hall–Kier alpha value is -1.98. The molecule has 1 aromatic carbocycles. The molecule has 0 aliphatic heterocycles. The maximum atomic E-state index is 13.2. The SMILES string of the molecule is CC(=O)C1CC[C@]2(O)C3CC=C4C[C@@H](O)CCC4(C)C3C[C@@H](OC(=O)c3ccccc3)C12C. The highest BCUT2D eigenvalue weighted by Crippen LogP contribution is 2.68. The molecule has 8 atom stereocenters. The zero-order chi connectivity index (χ0) is 23.6. The lowest BCUT2D eigenvalue weighted by Crippen LogP contribution is -2.66. The molecule has 5 nitrogen and oxygen atoms in total. The van der Waals surface area contributed by atoms with Crippen LogP contribution in [0.1, 0.15) is 76.1 Å². The van der Waals surface area contributed by atoms with Gasteiger partial charge in [-0.1, -0.05) is 43.7 Å². The van der Waals surface area contributed by atoms with Crippen molar-refractivity contribution in [2.24, 2.45) is 28.6 Å². The first-order chi connectivity index (χ1) is 15.6. The molecule has 5 unspecified atom stereocenters. The van der Waals surface area contributed by atoms with Crippen LogP contribution < -0.4 is 0 Å². The normalized spacial score (nSPS) is 44.2. The molecule has 2 N–H and O–H groups in total. The Morgan fingerprint density at radius 1 is 1.06 bits per heavy atom. The van der Waals surface area contributed by atoms with E-state index in [0.717, 1.165) is 19.3 Å². The van der Waals surface area contributed by atoms with Crippen molar-refractivity contribution in [1.29, 1.82) is 0 Å². The van der Waals surface area contributed by atoms with Gasteiger partial charge in [0.25, 0.3) is 0 Å². The number of carbonyl (C=O) groups is 2. The van der Waals surface area contributed by atoms with Crippen LogP contribution in [0, 0.1) is 28.6 Å². The van der Waals surface area contributed by atoms with E-state index in [2.05, 4.69) is 13.0 Å². The minimum Gasteiger partial charge on any atom is -0.458 e. The molecule has 0 radical (unpaired) electrons. The van der Waals surface area contributed by atoms with Crippen LogP contribution in [0.15, 0.2) is 42.0 Å². The Morgan fingerprint density at radius 3 is 2.48 bits per heavy atom. The summed E-state index contributed by atoms with van der Waals surface area (Å²) in [5.41, 5.74) is -0.260. The molecule has 1 aromatic rings. The molecule has 4 aliphatic carbocycles. The number of benzene rings is 1. The van der Waals surface area contributed by atoms with E-state index in [4.69, 9.17) is 4.74 Å². The van der Waals surface area contributed by atoms with Gasteiger partial charge < -0.3 is 14.9 Å². The van der Waals surface area contributed by atoms with Gasteiger partial charge in [0.2, 0.25) is 0 Å². The number of carbonyl (C=O) groups excluding carboxylic acids is 2. The molecule has 3 fully saturated rings. The van der Waals surface area contributed by atoms with Gasteiger partial charge in [-0.2, -0.15) is 0 Å². The van der Waals surface area contributed by atoms with Gasteiger partial charge in [-0.15, -0.1) is 0 Å². The van der Waals surface area contributed by atoms with Gasteiger partial charge in [0, 0.05) is 11.3 Å². The predicted octanol–water partition coefficient (Wildman–Crippen LogP) is 4.47. The Labute approximate surface area is 196 Å².